The number of esters is 1. The van der Waals surface area contributed by atoms with Crippen LogP contribution in [-0.4, -0.2) is 73.2 Å². The van der Waals surface area contributed by atoms with E-state index in [1.165, 1.54) is 0 Å². The third kappa shape index (κ3) is 6.39. The molecule has 2 rings (SSSR count). The van der Waals surface area contributed by atoms with Crippen molar-refractivity contribution in [3.63, 3.8) is 0 Å². The summed E-state index contributed by atoms with van der Waals surface area (Å²) in [4.78, 5) is 15.5. The fraction of sp³-hybridized carbons (Fsp3) is 0.650. The summed E-state index contributed by atoms with van der Waals surface area (Å²) >= 11 is 3.38. The maximum Gasteiger partial charge on any atom is 0.320 e. The van der Waals surface area contributed by atoms with Crippen LogP contribution in [0.1, 0.15) is 26.3 Å². The lowest BCUT2D eigenvalue weighted by atomic mass is 10.1. The smallest absolute Gasteiger partial charge is 0.320 e. The second kappa shape index (κ2) is 9.98. The zero-order chi connectivity index (χ0) is 20.9. The van der Waals surface area contributed by atoms with Gasteiger partial charge in [-0.15, -0.1) is 0 Å². The molecule has 8 heteroatoms. The van der Waals surface area contributed by atoms with Crippen molar-refractivity contribution < 1.29 is 23.0 Å². The molecular weight excluding hydrogens is 434 g/mol. The highest BCUT2D eigenvalue weighted by molar-refractivity contribution is 9.10. The van der Waals surface area contributed by atoms with E-state index in [4.69, 9.17) is 9.47 Å². The summed E-state index contributed by atoms with van der Waals surface area (Å²) < 4.78 is 40.3. The Bertz CT molecular complexity index is 663. The van der Waals surface area contributed by atoms with Crippen molar-refractivity contribution in [3.8, 4) is 5.75 Å². The normalized spacial score (nSPS) is 21.5. The van der Waals surface area contributed by atoms with Crippen molar-refractivity contribution >= 4 is 21.9 Å². The molecule has 0 saturated carbocycles. The topological polar surface area (TPSA) is 42.0 Å². The molecule has 0 aromatic heterocycles. The molecule has 1 aromatic carbocycles. The second-order valence-corrected chi connectivity index (χ2v) is 8.23. The molecule has 0 unspecified atom stereocenters. The summed E-state index contributed by atoms with van der Waals surface area (Å²) in [5.74, 6) is -2.80. The minimum Gasteiger partial charge on any atom is -0.487 e. The van der Waals surface area contributed by atoms with Gasteiger partial charge in [0.05, 0.1) is 19.7 Å². The highest BCUT2D eigenvalue weighted by Gasteiger charge is 2.38. The SMILES string of the molecule is CCOC(=O)CN1[C@H](C)CN(CC(F)(F)COc2cccc(Br)c2C)C[C@@H]1C. The summed E-state index contributed by atoms with van der Waals surface area (Å²) in [5.41, 5.74) is 0.799. The van der Waals surface area contributed by atoms with Crippen LogP contribution < -0.4 is 4.74 Å². The summed E-state index contributed by atoms with van der Waals surface area (Å²) in [7, 11) is 0. The van der Waals surface area contributed by atoms with Gasteiger partial charge in [0.25, 0.3) is 5.92 Å². The molecule has 1 aliphatic rings. The number of ether oxygens (including phenoxy) is 2. The number of rotatable bonds is 8. The van der Waals surface area contributed by atoms with Gasteiger partial charge in [0.15, 0.2) is 6.61 Å². The highest BCUT2D eigenvalue weighted by Crippen LogP contribution is 2.28. The number of piperazine rings is 1. The third-order valence-corrected chi connectivity index (χ3v) is 5.77. The van der Waals surface area contributed by atoms with E-state index in [9.17, 15) is 13.6 Å². The Hall–Kier alpha value is -1.25. The molecule has 1 saturated heterocycles. The molecule has 0 radical (unpaired) electrons. The maximum absolute atomic E-state index is 14.5. The molecule has 0 aliphatic carbocycles. The predicted octanol–water partition coefficient (Wildman–Crippen LogP) is 3.73. The van der Waals surface area contributed by atoms with Crippen molar-refractivity contribution in [1.82, 2.24) is 9.80 Å². The van der Waals surface area contributed by atoms with Crippen LogP contribution in [0, 0.1) is 6.92 Å². The van der Waals surface area contributed by atoms with Crippen LogP contribution in [0.25, 0.3) is 0 Å². The molecule has 2 atom stereocenters. The quantitative estimate of drug-likeness (QED) is 0.550. The molecule has 1 aliphatic heterocycles. The number of hydrogen-bond donors (Lipinski definition) is 0. The van der Waals surface area contributed by atoms with Gasteiger partial charge in [0.2, 0.25) is 0 Å². The predicted molar refractivity (Wildman–Crippen MR) is 108 cm³/mol. The van der Waals surface area contributed by atoms with Gasteiger partial charge in [-0.05, 0) is 39.8 Å². The fourth-order valence-corrected chi connectivity index (χ4v) is 3.91. The summed E-state index contributed by atoms with van der Waals surface area (Å²) in [6, 6.07) is 5.26. The summed E-state index contributed by atoms with van der Waals surface area (Å²) in [6.07, 6.45) is 0. The van der Waals surface area contributed by atoms with Crippen LogP contribution in [0.4, 0.5) is 8.78 Å². The van der Waals surface area contributed by atoms with Gasteiger partial charge in [0, 0.05) is 35.2 Å². The summed E-state index contributed by atoms with van der Waals surface area (Å²) in [5, 5.41) is 0. The van der Waals surface area contributed by atoms with Gasteiger partial charge < -0.3 is 9.47 Å². The first-order valence-corrected chi connectivity index (χ1v) is 10.3. The molecule has 1 heterocycles. The van der Waals surface area contributed by atoms with Gasteiger partial charge in [-0.3, -0.25) is 14.6 Å². The summed E-state index contributed by atoms with van der Waals surface area (Å²) in [6.45, 7) is 7.90. The maximum atomic E-state index is 14.5. The molecule has 1 fully saturated rings. The Morgan fingerprint density at radius 1 is 1.29 bits per heavy atom. The van der Waals surface area contributed by atoms with Crippen molar-refractivity contribution in [3.05, 3.63) is 28.2 Å². The van der Waals surface area contributed by atoms with Crippen LogP contribution in [-0.2, 0) is 9.53 Å². The van der Waals surface area contributed by atoms with Gasteiger partial charge in [-0.1, -0.05) is 22.0 Å². The van der Waals surface area contributed by atoms with Gasteiger partial charge in [-0.25, -0.2) is 8.78 Å². The van der Waals surface area contributed by atoms with E-state index in [2.05, 4.69) is 15.9 Å². The van der Waals surface area contributed by atoms with Crippen LogP contribution in [0.2, 0.25) is 0 Å². The van der Waals surface area contributed by atoms with Crippen LogP contribution in [0.15, 0.2) is 22.7 Å². The zero-order valence-corrected chi connectivity index (χ0v) is 18.5. The molecule has 28 heavy (non-hydrogen) atoms. The Kier molecular flexibility index (Phi) is 8.21. The molecule has 1 aromatic rings. The first kappa shape index (κ1) is 23.0. The van der Waals surface area contributed by atoms with E-state index in [0.29, 0.717) is 25.4 Å². The van der Waals surface area contributed by atoms with E-state index in [0.717, 1.165) is 10.0 Å². The Morgan fingerprint density at radius 3 is 2.54 bits per heavy atom. The van der Waals surface area contributed by atoms with Crippen LogP contribution in [0.5, 0.6) is 5.75 Å². The third-order valence-electron chi connectivity index (χ3n) is 4.91. The van der Waals surface area contributed by atoms with Crippen LogP contribution >= 0.6 is 15.9 Å². The molecule has 0 bridgehead atoms. The average molecular weight is 463 g/mol. The van der Waals surface area contributed by atoms with E-state index in [1.807, 2.05) is 31.7 Å². The monoisotopic (exact) mass is 462 g/mol. The Morgan fingerprint density at radius 2 is 1.93 bits per heavy atom. The highest BCUT2D eigenvalue weighted by atomic mass is 79.9. The number of alkyl halides is 2. The molecule has 158 valence electrons. The number of benzene rings is 1. The lowest BCUT2D eigenvalue weighted by molar-refractivity contribution is -0.147. The molecular formula is C20H29BrF2N2O3. The lowest BCUT2D eigenvalue weighted by Crippen LogP contribution is -2.59. The van der Waals surface area contributed by atoms with Crippen molar-refractivity contribution in [2.45, 2.75) is 45.7 Å². The number of carbonyl (C=O) groups excluding carboxylic acids is 1. The largest absolute Gasteiger partial charge is 0.487 e. The van der Waals surface area contributed by atoms with E-state index in [-0.39, 0.29) is 31.1 Å². The Balaban J connectivity index is 1.90. The van der Waals surface area contributed by atoms with Crippen molar-refractivity contribution in [2.75, 3.05) is 39.4 Å². The number of nitrogens with zero attached hydrogens (tertiary/aromatic N) is 2. The van der Waals surface area contributed by atoms with Crippen molar-refractivity contribution in [1.29, 1.82) is 0 Å². The molecule has 5 nitrogen and oxygen atoms in total. The first-order chi connectivity index (χ1) is 13.1. The molecule has 0 amide bonds. The Labute approximate surface area is 174 Å². The second-order valence-electron chi connectivity index (χ2n) is 7.38. The van der Waals surface area contributed by atoms with Gasteiger partial charge in [0.1, 0.15) is 5.75 Å². The fourth-order valence-electron chi connectivity index (χ4n) is 3.56. The first-order valence-electron chi connectivity index (χ1n) is 9.52. The molecule has 0 N–H and O–H groups in total. The van der Waals surface area contributed by atoms with Crippen molar-refractivity contribution in [2.24, 2.45) is 0 Å². The number of hydrogen-bond acceptors (Lipinski definition) is 5. The number of carbonyl (C=O) groups is 1. The zero-order valence-electron chi connectivity index (χ0n) is 16.9. The van der Waals surface area contributed by atoms with Crippen LogP contribution in [0.3, 0.4) is 0 Å². The van der Waals surface area contributed by atoms with E-state index >= 15 is 0 Å². The standard InChI is InChI=1S/C20H29BrF2N2O3/c1-5-27-19(26)11-25-14(2)9-24(10-15(25)3)12-20(22,23)13-28-18-8-6-7-17(21)16(18)4/h6-8,14-15H,5,9-13H2,1-4H3/t14-,15+. The van der Waals surface area contributed by atoms with Gasteiger partial charge >= 0.3 is 5.97 Å². The lowest BCUT2D eigenvalue weighted by Gasteiger charge is -2.44. The number of halogens is 3. The minimum atomic E-state index is -2.97. The molecule has 0 spiro atoms. The van der Waals surface area contributed by atoms with E-state index < -0.39 is 12.5 Å². The van der Waals surface area contributed by atoms with E-state index in [1.54, 1.807) is 24.0 Å². The minimum absolute atomic E-state index is 0.0165. The van der Waals surface area contributed by atoms with Gasteiger partial charge in [-0.2, -0.15) is 0 Å². The average Bonchev–Trinajstić information content (AvgIpc) is 2.59.